The molecular formula is C18H32I2O6S2. The summed E-state index contributed by atoms with van der Waals surface area (Å²) >= 11 is 4.21. The summed E-state index contributed by atoms with van der Waals surface area (Å²) in [6, 6.07) is 0. The van der Waals surface area contributed by atoms with Crippen LogP contribution in [0.1, 0.15) is 60.3 Å². The predicted octanol–water partition coefficient (Wildman–Crippen LogP) is 6.35. The first-order chi connectivity index (χ1) is 13.4. The average Bonchev–Trinajstić information content (AvgIpc) is 2.68. The van der Waals surface area contributed by atoms with Crippen LogP contribution in [0.4, 0.5) is 0 Å². The van der Waals surface area contributed by atoms with E-state index < -0.39 is 17.9 Å². The van der Waals surface area contributed by atoms with E-state index in [0.29, 0.717) is 18.8 Å². The average molecular weight is 662 g/mol. The highest BCUT2D eigenvalue weighted by Crippen LogP contribution is 2.35. The Kier molecular flexibility index (Phi) is 18.3. The molecule has 0 rings (SSSR count). The zero-order valence-electron chi connectivity index (χ0n) is 17.2. The molecule has 6 nitrogen and oxygen atoms in total. The van der Waals surface area contributed by atoms with Crippen molar-refractivity contribution in [1.82, 2.24) is 0 Å². The third kappa shape index (κ3) is 10.9. The molecule has 0 bridgehead atoms. The van der Waals surface area contributed by atoms with Crippen LogP contribution in [0.3, 0.4) is 0 Å². The number of hydrogen-bond donors (Lipinski definition) is 0. The van der Waals surface area contributed by atoms with Gasteiger partial charge >= 0.3 is 11.9 Å². The molecule has 0 amide bonds. The Morgan fingerprint density at radius 3 is 1.71 bits per heavy atom. The van der Waals surface area contributed by atoms with E-state index in [1.807, 2.05) is 0 Å². The highest BCUT2D eigenvalue weighted by Gasteiger charge is 2.36. The lowest BCUT2D eigenvalue weighted by atomic mass is 9.79. The maximum Gasteiger partial charge on any atom is 0.320 e. The second kappa shape index (κ2) is 17.7. The predicted molar refractivity (Wildman–Crippen MR) is 132 cm³/mol. The topological polar surface area (TPSA) is 71.1 Å². The number of hydrogen-bond acceptors (Lipinski definition) is 8. The SMILES string of the molecule is CCOC(=O)C(CC(CC(OSI)C(CC)OSI)C(C)CC)C(=O)OCC. The van der Waals surface area contributed by atoms with Crippen LogP contribution in [-0.2, 0) is 27.4 Å². The van der Waals surface area contributed by atoms with Crippen LogP contribution in [0.25, 0.3) is 0 Å². The molecule has 0 aromatic rings. The van der Waals surface area contributed by atoms with Crippen molar-refractivity contribution in [3.8, 4) is 0 Å². The fraction of sp³-hybridized carbons (Fsp3) is 0.889. The van der Waals surface area contributed by atoms with Crippen molar-refractivity contribution in [2.75, 3.05) is 13.2 Å². The van der Waals surface area contributed by atoms with Gasteiger partial charge in [-0.25, -0.2) is 0 Å². The summed E-state index contributed by atoms with van der Waals surface area (Å²) in [6.45, 7) is 10.2. The zero-order chi connectivity index (χ0) is 21.5. The number of rotatable bonds is 16. The molecule has 0 aliphatic heterocycles. The van der Waals surface area contributed by atoms with Crippen LogP contribution in [0.2, 0.25) is 0 Å². The maximum absolute atomic E-state index is 12.4. The van der Waals surface area contributed by atoms with E-state index in [1.165, 1.54) is 18.4 Å². The molecule has 0 fully saturated rings. The number of carbonyl (C=O) groups is 2. The molecule has 166 valence electrons. The molecule has 0 spiro atoms. The first-order valence-corrected chi connectivity index (χ1v) is 16.2. The fourth-order valence-corrected chi connectivity index (χ4v) is 5.26. The van der Waals surface area contributed by atoms with Crippen LogP contribution in [0.15, 0.2) is 0 Å². The normalized spacial score (nSPS) is 15.7. The van der Waals surface area contributed by atoms with Gasteiger partial charge in [0, 0.05) is 42.4 Å². The molecule has 0 aromatic heterocycles. The summed E-state index contributed by atoms with van der Waals surface area (Å²) < 4.78 is 22.0. The largest absolute Gasteiger partial charge is 0.465 e. The Morgan fingerprint density at radius 2 is 1.32 bits per heavy atom. The molecule has 4 atom stereocenters. The second-order valence-electron chi connectivity index (χ2n) is 6.48. The fourth-order valence-electron chi connectivity index (χ4n) is 3.01. The van der Waals surface area contributed by atoms with Gasteiger partial charge in [-0.3, -0.25) is 18.0 Å². The number of ether oxygens (including phenoxy) is 2. The standard InChI is InChI=1S/C18H32I2O6S2/c1-6-12(5)13(11-16(26-28-20)15(7-2)25-27-19)10-14(17(21)23-8-3)18(22)24-9-4/h12-16H,6-11H2,1-5H3. The molecule has 28 heavy (non-hydrogen) atoms. The zero-order valence-corrected chi connectivity index (χ0v) is 23.1. The van der Waals surface area contributed by atoms with Crippen molar-refractivity contribution in [3.63, 3.8) is 0 Å². The summed E-state index contributed by atoms with van der Waals surface area (Å²) in [5.74, 6) is -1.54. The van der Waals surface area contributed by atoms with Crippen LogP contribution in [0, 0.1) is 17.8 Å². The number of halogens is 2. The molecule has 0 N–H and O–H groups in total. The summed E-state index contributed by atoms with van der Waals surface area (Å²) in [5.41, 5.74) is 0. The van der Waals surface area contributed by atoms with Crippen LogP contribution in [0.5, 0.6) is 0 Å². The van der Waals surface area contributed by atoms with Gasteiger partial charge in [-0.15, -0.1) is 0 Å². The van der Waals surface area contributed by atoms with Gasteiger partial charge in [-0.05, 0) is 44.9 Å². The minimum atomic E-state index is -0.910. The molecule has 0 aromatic carbocycles. The van der Waals surface area contributed by atoms with Gasteiger partial charge in [0.2, 0.25) is 0 Å². The van der Waals surface area contributed by atoms with Crippen molar-refractivity contribution in [2.45, 2.75) is 72.5 Å². The van der Waals surface area contributed by atoms with Crippen molar-refractivity contribution in [3.05, 3.63) is 0 Å². The summed E-state index contributed by atoms with van der Waals surface area (Å²) in [4.78, 5) is 24.8. The summed E-state index contributed by atoms with van der Waals surface area (Å²) in [6.07, 6.45) is 2.61. The van der Waals surface area contributed by atoms with Crippen LogP contribution >= 0.6 is 60.8 Å². The lowest BCUT2D eigenvalue weighted by Gasteiger charge is -2.31. The van der Waals surface area contributed by atoms with E-state index in [4.69, 9.17) is 17.8 Å². The molecule has 0 saturated carbocycles. The smallest absolute Gasteiger partial charge is 0.320 e. The Hall–Kier alpha value is 1.02. The van der Waals surface area contributed by atoms with Crippen molar-refractivity contribution in [2.24, 2.45) is 17.8 Å². The van der Waals surface area contributed by atoms with Crippen molar-refractivity contribution < 1.29 is 27.4 Å². The molecule has 0 radical (unpaired) electrons. The van der Waals surface area contributed by atoms with Gasteiger partial charge < -0.3 is 9.47 Å². The van der Waals surface area contributed by atoms with E-state index in [0.717, 1.165) is 12.8 Å². The van der Waals surface area contributed by atoms with Gasteiger partial charge in [0.1, 0.15) is 12.2 Å². The highest BCUT2D eigenvalue weighted by molar-refractivity contribution is 14.2. The molecule has 10 heteroatoms. The van der Waals surface area contributed by atoms with E-state index in [1.54, 1.807) is 13.8 Å². The summed E-state index contributed by atoms with van der Waals surface area (Å²) in [5, 5.41) is 0. The highest BCUT2D eigenvalue weighted by atomic mass is 127. The Balaban J connectivity index is 5.52. The van der Waals surface area contributed by atoms with Crippen molar-refractivity contribution in [1.29, 1.82) is 0 Å². The minimum absolute atomic E-state index is 0.0700. The number of esters is 2. The minimum Gasteiger partial charge on any atom is -0.465 e. The molecule has 4 unspecified atom stereocenters. The Morgan fingerprint density at radius 1 is 0.821 bits per heavy atom. The first kappa shape index (κ1) is 29.0. The molecule has 0 aliphatic carbocycles. The second-order valence-corrected chi connectivity index (χ2v) is 9.27. The van der Waals surface area contributed by atoms with E-state index >= 15 is 0 Å². The van der Waals surface area contributed by atoms with Gasteiger partial charge in [0.15, 0.2) is 5.92 Å². The molecular weight excluding hydrogens is 630 g/mol. The van der Waals surface area contributed by atoms with Gasteiger partial charge in [0.25, 0.3) is 0 Å². The Labute approximate surface area is 202 Å². The summed E-state index contributed by atoms with van der Waals surface area (Å²) in [7, 11) is 2.58. The molecule has 0 heterocycles. The third-order valence-corrected chi connectivity index (χ3v) is 6.69. The van der Waals surface area contributed by atoms with Crippen LogP contribution in [-0.4, -0.2) is 37.4 Å². The monoisotopic (exact) mass is 662 g/mol. The maximum atomic E-state index is 12.4. The lowest BCUT2D eigenvalue weighted by molar-refractivity contribution is -0.162. The van der Waals surface area contributed by atoms with E-state index in [-0.39, 0.29) is 31.3 Å². The van der Waals surface area contributed by atoms with Gasteiger partial charge in [-0.2, -0.15) is 0 Å². The quantitative estimate of drug-likeness (QED) is 0.0821. The lowest BCUT2D eigenvalue weighted by Crippen LogP contribution is -2.35. The van der Waals surface area contributed by atoms with Crippen molar-refractivity contribution >= 4 is 72.8 Å². The van der Waals surface area contributed by atoms with E-state index in [9.17, 15) is 9.59 Å². The van der Waals surface area contributed by atoms with Gasteiger partial charge in [-0.1, -0.05) is 27.2 Å². The molecule has 0 aliphatic rings. The van der Waals surface area contributed by atoms with Crippen LogP contribution < -0.4 is 0 Å². The molecule has 0 saturated heterocycles. The third-order valence-electron chi connectivity index (χ3n) is 4.80. The Bertz CT molecular complexity index is 426. The van der Waals surface area contributed by atoms with Gasteiger partial charge in [0.05, 0.1) is 31.6 Å². The number of carbonyl (C=O) groups excluding carboxylic acids is 2. The first-order valence-electron chi connectivity index (χ1n) is 9.61. The van der Waals surface area contributed by atoms with E-state index in [2.05, 4.69) is 63.2 Å².